The zero-order chi connectivity index (χ0) is 29.5. The van der Waals surface area contributed by atoms with Crippen LogP contribution in [0.1, 0.15) is 18.1 Å². The molecule has 11 heteroatoms. The molecule has 5 rings (SSSR count). The Hall–Kier alpha value is -3.55. The molecule has 0 spiro atoms. The summed E-state index contributed by atoms with van der Waals surface area (Å²) in [5.41, 5.74) is 3.35. The van der Waals surface area contributed by atoms with Crippen LogP contribution in [0, 0.1) is 3.57 Å². The molecule has 0 atom stereocenters. The van der Waals surface area contributed by atoms with E-state index in [1.165, 1.54) is 0 Å². The van der Waals surface area contributed by atoms with Gasteiger partial charge in [0.1, 0.15) is 13.2 Å². The van der Waals surface area contributed by atoms with Crippen molar-refractivity contribution in [1.82, 2.24) is 4.90 Å². The van der Waals surface area contributed by atoms with E-state index in [0.717, 1.165) is 44.6 Å². The Morgan fingerprint density at radius 1 is 1.05 bits per heavy atom. The highest BCUT2D eigenvalue weighted by molar-refractivity contribution is 14.1. The van der Waals surface area contributed by atoms with Crippen LogP contribution in [0.3, 0.4) is 0 Å². The zero-order valence-corrected chi connectivity index (χ0v) is 26.0. The second-order valence-electron chi connectivity index (χ2n) is 9.50. The quantitative estimate of drug-likeness (QED) is 0.210. The fraction of sp³-hybridized carbons (Fsp3) is 0.258. The highest BCUT2D eigenvalue weighted by atomic mass is 127. The van der Waals surface area contributed by atoms with Crippen molar-refractivity contribution in [2.75, 3.05) is 49.7 Å². The zero-order valence-electron chi connectivity index (χ0n) is 23.0. The fourth-order valence-corrected chi connectivity index (χ4v) is 6.13. The number of carbonyl (C=O) groups is 3. The van der Waals surface area contributed by atoms with Crippen molar-refractivity contribution in [3.63, 3.8) is 0 Å². The lowest BCUT2D eigenvalue weighted by Crippen LogP contribution is -2.36. The molecular formula is C31H30IN3O6S. The summed E-state index contributed by atoms with van der Waals surface area (Å²) in [5.74, 6) is 0.192. The van der Waals surface area contributed by atoms with Gasteiger partial charge in [0.2, 0.25) is 5.91 Å². The largest absolute Gasteiger partial charge is 0.490 e. The van der Waals surface area contributed by atoms with Crippen LogP contribution in [-0.4, -0.2) is 61.4 Å². The van der Waals surface area contributed by atoms with Gasteiger partial charge in [-0.2, -0.15) is 0 Å². The molecule has 2 aliphatic heterocycles. The van der Waals surface area contributed by atoms with Crippen LogP contribution in [0.2, 0.25) is 0 Å². The minimum absolute atomic E-state index is 0.235. The van der Waals surface area contributed by atoms with E-state index in [2.05, 4.69) is 32.8 Å². The summed E-state index contributed by atoms with van der Waals surface area (Å²) >= 11 is 2.98. The number of amides is 3. The van der Waals surface area contributed by atoms with Gasteiger partial charge in [-0.1, -0.05) is 30.3 Å². The van der Waals surface area contributed by atoms with Gasteiger partial charge in [-0.05, 0) is 94.9 Å². The smallest absolute Gasteiger partial charge is 0.294 e. The Morgan fingerprint density at radius 2 is 1.79 bits per heavy atom. The first-order valence-corrected chi connectivity index (χ1v) is 15.4. The van der Waals surface area contributed by atoms with Crippen LogP contribution in [-0.2, 0) is 20.9 Å². The topological polar surface area (TPSA) is 97.4 Å². The predicted molar refractivity (Wildman–Crippen MR) is 172 cm³/mol. The van der Waals surface area contributed by atoms with Crippen LogP contribution in [0.15, 0.2) is 71.6 Å². The summed E-state index contributed by atoms with van der Waals surface area (Å²) in [6, 6.07) is 21.0. The van der Waals surface area contributed by atoms with Crippen molar-refractivity contribution in [2.45, 2.75) is 13.5 Å². The molecule has 0 aliphatic carbocycles. The minimum atomic E-state index is -0.514. The van der Waals surface area contributed by atoms with Gasteiger partial charge < -0.3 is 24.4 Å². The van der Waals surface area contributed by atoms with Crippen molar-refractivity contribution < 1.29 is 28.6 Å². The van der Waals surface area contributed by atoms with Crippen LogP contribution >= 0.6 is 34.4 Å². The number of imide groups is 1. The molecule has 9 nitrogen and oxygen atoms in total. The van der Waals surface area contributed by atoms with Crippen molar-refractivity contribution >= 4 is 68.9 Å². The minimum Gasteiger partial charge on any atom is -0.490 e. The number of ether oxygens (including phenoxy) is 3. The van der Waals surface area contributed by atoms with E-state index in [0.29, 0.717) is 49.2 Å². The number of carbonyl (C=O) groups excluding carboxylic acids is 3. The number of thioether (sulfide) groups is 1. The van der Waals surface area contributed by atoms with Crippen molar-refractivity contribution in [3.8, 4) is 11.5 Å². The molecule has 3 aromatic carbocycles. The van der Waals surface area contributed by atoms with Gasteiger partial charge in [0.05, 0.1) is 28.3 Å². The van der Waals surface area contributed by atoms with Crippen LogP contribution in [0.4, 0.5) is 16.2 Å². The highest BCUT2D eigenvalue weighted by Crippen LogP contribution is 2.38. The summed E-state index contributed by atoms with van der Waals surface area (Å²) in [4.78, 5) is 41.9. The van der Waals surface area contributed by atoms with Crippen molar-refractivity contribution in [2.24, 2.45) is 0 Å². The lowest BCUT2D eigenvalue weighted by molar-refractivity contribution is -0.127. The third-order valence-electron chi connectivity index (χ3n) is 6.56. The monoisotopic (exact) mass is 699 g/mol. The molecule has 42 heavy (non-hydrogen) atoms. The number of hydrogen-bond acceptors (Lipinski definition) is 8. The Kier molecular flexibility index (Phi) is 10.0. The van der Waals surface area contributed by atoms with Gasteiger partial charge in [0, 0.05) is 24.5 Å². The van der Waals surface area contributed by atoms with Gasteiger partial charge in [-0.3, -0.25) is 19.3 Å². The average Bonchev–Trinajstić information content (AvgIpc) is 3.25. The lowest BCUT2D eigenvalue weighted by Gasteiger charge is -2.28. The van der Waals surface area contributed by atoms with Crippen molar-refractivity contribution in [3.05, 3.63) is 86.3 Å². The normalized spacial score (nSPS) is 16.2. The number of nitrogens with one attached hydrogen (secondary N) is 1. The first-order chi connectivity index (χ1) is 20.4. The summed E-state index contributed by atoms with van der Waals surface area (Å²) in [6.07, 6.45) is 1.64. The second kappa shape index (κ2) is 14.1. The molecule has 2 aliphatic rings. The summed E-state index contributed by atoms with van der Waals surface area (Å²) < 4.78 is 18.1. The molecule has 3 aromatic rings. The van der Waals surface area contributed by atoms with Crippen LogP contribution in [0.25, 0.3) is 6.08 Å². The predicted octanol–water partition coefficient (Wildman–Crippen LogP) is 5.78. The Bertz CT molecular complexity index is 1480. The number of benzene rings is 3. The molecule has 0 saturated carbocycles. The summed E-state index contributed by atoms with van der Waals surface area (Å²) in [7, 11) is 0. The van der Waals surface area contributed by atoms with E-state index in [4.69, 9.17) is 14.2 Å². The van der Waals surface area contributed by atoms with Crippen LogP contribution in [0.5, 0.6) is 11.5 Å². The molecule has 1 N–H and O–H groups in total. The maximum Gasteiger partial charge on any atom is 0.294 e. The highest BCUT2D eigenvalue weighted by Gasteiger charge is 2.36. The molecule has 2 fully saturated rings. The first-order valence-electron chi connectivity index (χ1n) is 13.5. The van der Waals surface area contributed by atoms with E-state index >= 15 is 0 Å². The van der Waals surface area contributed by atoms with E-state index < -0.39 is 17.1 Å². The van der Waals surface area contributed by atoms with E-state index in [1.54, 1.807) is 24.3 Å². The van der Waals surface area contributed by atoms with Gasteiger partial charge in [0.15, 0.2) is 11.5 Å². The number of anilines is 2. The maximum absolute atomic E-state index is 13.1. The van der Waals surface area contributed by atoms with E-state index in [-0.39, 0.29) is 11.4 Å². The first kappa shape index (κ1) is 29.9. The van der Waals surface area contributed by atoms with E-state index in [1.807, 2.05) is 55.5 Å². The molecule has 3 amide bonds. The molecule has 2 heterocycles. The average molecular weight is 700 g/mol. The van der Waals surface area contributed by atoms with Crippen LogP contribution < -0.4 is 19.7 Å². The molecular weight excluding hydrogens is 669 g/mol. The van der Waals surface area contributed by atoms with Gasteiger partial charge in [-0.25, -0.2) is 0 Å². The molecule has 218 valence electrons. The maximum atomic E-state index is 13.1. The number of rotatable bonds is 10. The van der Waals surface area contributed by atoms with Gasteiger partial charge in [-0.15, -0.1) is 0 Å². The number of morpholine rings is 1. The summed E-state index contributed by atoms with van der Waals surface area (Å²) in [5, 5.41) is 2.28. The number of hydrogen-bond donors (Lipinski definition) is 1. The van der Waals surface area contributed by atoms with Gasteiger partial charge in [0.25, 0.3) is 11.1 Å². The third kappa shape index (κ3) is 7.44. The molecule has 2 saturated heterocycles. The third-order valence-corrected chi connectivity index (χ3v) is 8.27. The Morgan fingerprint density at radius 3 is 2.50 bits per heavy atom. The molecule has 0 aromatic heterocycles. The Labute approximate surface area is 262 Å². The Balaban J connectivity index is 1.23. The van der Waals surface area contributed by atoms with Crippen molar-refractivity contribution in [1.29, 1.82) is 0 Å². The fourth-order valence-electron chi connectivity index (χ4n) is 4.51. The lowest BCUT2D eigenvalue weighted by atomic mass is 10.1. The van der Waals surface area contributed by atoms with Gasteiger partial charge >= 0.3 is 0 Å². The SMILES string of the molecule is CCOc1cc(/C=C2/SC(=O)N(CC(=O)Nc3ccc(N4CCOCC4)cc3)C2=O)cc(I)c1OCc1ccccc1. The second-order valence-corrected chi connectivity index (χ2v) is 11.7. The molecule has 0 unspecified atom stereocenters. The van der Waals surface area contributed by atoms with E-state index in [9.17, 15) is 14.4 Å². The molecule has 0 bridgehead atoms. The summed E-state index contributed by atoms with van der Waals surface area (Å²) in [6.45, 7) is 5.33. The standard InChI is InChI=1S/C31H30IN3O6S/c1-2-40-26-17-22(16-25(32)29(26)41-20-21-6-4-3-5-7-21)18-27-30(37)35(31(38)42-27)19-28(36)33-23-8-10-24(11-9-23)34-12-14-39-15-13-34/h3-11,16-18H,2,12-15,19-20H2,1H3,(H,33,36)/b27-18+. The number of halogens is 1. The number of nitrogens with zero attached hydrogens (tertiary/aromatic N) is 2. The molecule has 0 radical (unpaired) electrons.